The molecule has 0 unspecified atom stereocenters. The van der Waals surface area contributed by atoms with Crippen LogP contribution in [0.1, 0.15) is 20.7 Å². The Hall–Kier alpha value is -3.18. The Labute approximate surface area is 149 Å². The van der Waals surface area contributed by atoms with Gasteiger partial charge in [0.05, 0.1) is 11.9 Å². The quantitative estimate of drug-likeness (QED) is 0.738. The molecular formula is C19H14ClN3O2. The van der Waals surface area contributed by atoms with Crippen molar-refractivity contribution in [3.63, 3.8) is 0 Å². The van der Waals surface area contributed by atoms with Crippen molar-refractivity contribution < 1.29 is 9.59 Å². The summed E-state index contributed by atoms with van der Waals surface area (Å²) in [5.41, 5.74) is 2.14. The summed E-state index contributed by atoms with van der Waals surface area (Å²) in [5.74, 6) is -0.518. The summed E-state index contributed by atoms with van der Waals surface area (Å²) >= 11 is 5.89. The van der Waals surface area contributed by atoms with E-state index in [4.69, 9.17) is 11.6 Å². The summed E-state index contributed by atoms with van der Waals surface area (Å²) in [6, 6.07) is 16.8. The number of nitrogens with one attached hydrogen (secondary N) is 2. The van der Waals surface area contributed by atoms with Gasteiger partial charge in [-0.2, -0.15) is 0 Å². The summed E-state index contributed by atoms with van der Waals surface area (Å²) in [7, 11) is 0. The van der Waals surface area contributed by atoms with E-state index in [0.717, 1.165) is 0 Å². The molecule has 124 valence electrons. The number of amides is 2. The Balaban J connectivity index is 1.66. The van der Waals surface area contributed by atoms with Crippen LogP contribution in [0.2, 0.25) is 5.02 Å². The largest absolute Gasteiger partial charge is 0.322 e. The van der Waals surface area contributed by atoms with E-state index in [1.54, 1.807) is 73.1 Å². The second-order valence-electron chi connectivity index (χ2n) is 5.24. The smallest absolute Gasteiger partial charge is 0.255 e. The molecule has 3 aromatic rings. The summed E-state index contributed by atoms with van der Waals surface area (Å²) in [6.45, 7) is 0. The number of nitrogens with zero attached hydrogens (tertiary/aromatic N) is 1. The van der Waals surface area contributed by atoms with E-state index < -0.39 is 0 Å². The monoisotopic (exact) mass is 351 g/mol. The van der Waals surface area contributed by atoms with Gasteiger partial charge in [0.2, 0.25) is 0 Å². The van der Waals surface area contributed by atoms with Crippen LogP contribution in [0, 0.1) is 0 Å². The fourth-order valence-electron chi connectivity index (χ4n) is 2.18. The van der Waals surface area contributed by atoms with Crippen LogP contribution in [-0.4, -0.2) is 16.8 Å². The predicted molar refractivity (Wildman–Crippen MR) is 98.0 cm³/mol. The molecule has 25 heavy (non-hydrogen) atoms. The maximum Gasteiger partial charge on any atom is 0.255 e. The molecule has 0 radical (unpaired) electrons. The van der Waals surface area contributed by atoms with Gasteiger partial charge in [-0.25, -0.2) is 0 Å². The summed E-state index contributed by atoms with van der Waals surface area (Å²) in [5, 5.41) is 6.00. The first-order valence-corrected chi connectivity index (χ1v) is 7.88. The van der Waals surface area contributed by atoms with Crippen molar-refractivity contribution in [2.24, 2.45) is 0 Å². The molecule has 0 aliphatic carbocycles. The molecule has 5 nitrogen and oxygen atoms in total. The Morgan fingerprint density at radius 2 is 1.52 bits per heavy atom. The maximum absolute atomic E-state index is 12.2. The average molecular weight is 352 g/mol. The molecule has 2 amide bonds. The Morgan fingerprint density at radius 1 is 0.800 bits per heavy atom. The first kappa shape index (κ1) is 16.7. The van der Waals surface area contributed by atoms with Gasteiger partial charge >= 0.3 is 0 Å². The minimum absolute atomic E-state index is 0.249. The van der Waals surface area contributed by atoms with Crippen molar-refractivity contribution >= 4 is 34.8 Å². The number of benzene rings is 2. The molecule has 0 bridgehead atoms. The van der Waals surface area contributed by atoms with Gasteiger partial charge in [-0.05, 0) is 54.6 Å². The Morgan fingerprint density at radius 3 is 2.20 bits per heavy atom. The maximum atomic E-state index is 12.2. The van der Waals surface area contributed by atoms with E-state index in [1.807, 2.05) is 0 Å². The summed E-state index contributed by atoms with van der Waals surface area (Å²) in [6.07, 6.45) is 3.20. The number of hydrogen-bond donors (Lipinski definition) is 2. The van der Waals surface area contributed by atoms with E-state index in [-0.39, 0.29) is 11.8 Å². The Bertz CT molecular complexity index is 896. The van der Waals surface area contributed by atoms with E-state index in [0.29, 0.717) is 27.5 Å². The van der Waals surface area contributed by atoms with Crippen LogP contribution in [0.5, 0.6) is 0 Å². The zero-order chi connectivity index (χ0) is 17.6. The number of hydrogen-bond acceptors (Lipinski definition) is 3. The van der Waals surface area contributed by atoms with E-state index in [1.165, 1.54) is 0 Å². The lowest BCUT2D eigenvalue weighted by Gasteiger charge is -2.08. The van der Waals surface area contributed by atoms with E-state index in [2.05, 4.69) is 15.6 Å². The topological polar surface area (TPSA) is 71.1 Å². The van der Waals surface area contributed by atoms with Crippen LogP contribution < -0.4 is 10.6 Å². The number of carbonyl (C=O) groups is 2. The van der Waals surface area contributed by atoms with Crippen LogP contribution >= 0.6 is 11.6 Å². The highest BCUT2D eigenvalue weighted by molar-refractivity contribution is 6.31. The number of carbonyl (C=O) groups excluding carboxylic acids is 2. The number of pyridine rings is 1. The van der Waals surface area contributed by atoms with Crippen molar-refractivity contribution in [2.45, 2.75) is 0 Å². The molecule has 0 aliphatic rings. The highest BCUT2D eigenvalue weighted by Gasteiger charge is 2.09. The molecule has 0 saturated carbocycles. The van der Waals surface area contributed by atoms with Gasteiger partial charge < -0.3 is 10.6 Å². The van der Waals surface area contributed by atoms with Gasteiger partial charge in [0.25, 0.3) is 11.8 Å². The molecule has 1 aromatic heterocycles. The fourth-order valence-corrected chi connectivity index (χ4v) is 2.37. The molecule has 0 saturated heterocycles. The van der Waals surface area contributed by atoms with Gasteiger partial charge in [0, 0.05) is 28.0 Å². The normalized spacial score (nSPS) is 10.1. The minimum Gasteiger partial charge on any atom is -0.322 e. The minimum atomic E-state index is -0.268. The van der Waals surface area contributed by atoms with E-state index in [9.17, 15) is 9.59 Å². The lowest BCUT2D eigenvalue weighted by molar-refractivity contribution is 0.102. The zero-order valence-electron chi connectivity index (χ0n) is 13.1. The summed E-state index contributed by atoms with van der Waals surface area (Å²) < 4.78 is 0. The number of rotatable bonds is 4. The first-order chi connectivity index (χ1) is 12.1. The molecule has 2 aromatic carbocycles. The van der Waals surface area contributed by atoms with Crippen LogP contribution in [0.15, 0.2) is 73.1 Å². The number of aromatic nitrogens is 1. The van der Waals surface area contributed by atoms with Crippen molar-refractivity contribution in [3.05, 3.63) is 89.2 Å². The number of halogens is 1. The third-order valence-electron chi connectivity index (χ3n) is 3.41. The standard InChI is InChI=1S/C19H14ClN3O2/c20-15-4-1-3-14(11-15)19(25)22-16-8-6-13(7-9-16)18(24)23-17-5-2-10-21-12-17/h1-12H,(H,22,25)(H,23,24). The molecule has 0 spiro atoms. The van der Waals surface area contributed by atoms with Crippen molar-refractivity contribution in [1.82, 2.24) is 4.98 Å². The second kappa shape index (κ2) is 7.59. The van der Waals surface area contributed by atoms with Gasteiger partial charge in [-0.1, -0.05) is 17.7 Å². The van der Waals surface area contributed by atoms with Crippen molar-refractivity contribution in [3.8, 4) is 0 Å². The van der Waals surface area contributed by atoms with Crippen LogP contribution in [0.4, 0.5) is 11.4 Å². The third-order valence-corrected chi connectivity index (χ3v) is 3.65. The number of anilines is 2. The van der Waals surface area contributed by atoms with Gasteiger partial charge in [-0.3, -0.25) is 14.6 Å². The summed E-state index contributed by atoms with van der Waals surface area (Å²) in [4.78, 5) is 28.3. The molecule has 0 fully saturated rings. The molecule has 0 aliphatic heterocycles. The van der Waals surface area contributed by atoms with Crippen molar-refractivity contribution in [2.75, 3.05) is 10.6 Å². The zero-order valence-corrected chi connectivity index (χ0v) is 13.8. The first-order valence-electron chi connectivity index (χ1n) is 7.50. The molecule has 0 atom stereocenters. The van der Waals surface area contributed by atoms with E-state index >= 15 is 0 Å². The second-order valence-corrected chi connectivity index (χ2v) is 5.67. The lowest BCUT2D eigenvalue weighted by atomic mass is 10.1. The highest BCUT2D eigenvalue weighted by Crippen LogP contribution is 2.15. The van der Waals surface area contributed by atoms with Crippen LogP contribution in [0.25, 0.3) is 0 Å². The average Bonchev–Trinajstić information content (AvgIpc) is 2.63. The third kappa shape index (κ3) is 4.43. The predicted octanol–water partition coefficient (Wildman–Crippen LogP) is 4.24. The molecule has 6 heteroatoms. The van der Waals surface area contributed by atoms with Crippen molar-refractivity contribution in [1.29, 1.82) is 0 Å². The fraction of sp³-hybridized carbons (Fsp3) is 0. The van der Waals surface area contributed by atoms with Crippen LogP contribution in [0.3, 0.4) is 0 Å². The SMILES string of the molecule is O=C(Nc1cccnc1)c1ccc(NC(=O)c2cccc(Cl)c2)cc1. The van der Waals surface area contributed by atoms with Gasteiger partial charge in [0.15, 0.2) is 0 Å². The molecular weight excluding hydrogens is 338 g/mol. The molecule has 3 rings (SSSR count). The molecule has 1 heterocycles. The lowest BCUT2D eigenvalue weighted by Crippen LogP contribution is -2.13. The van der Waals surface area contributed by atoms with Gasteiger partial charge in [0.1, 0.15) is 0 Å². The highest BCUT2D eigenvalue weighted by atomic mass is 35.5. The molecule has 2 N–H and O–H groups in total. The van der Waals surface area contributed by atoms with Crippen LogP contribution in [-0.2, 0) is 0 Å². The Kier molecular flexibility index (Phi) is 5.06. The van der Waals surface area contributed by atoms with Gasteiger partial charge in [-0.15, -0.1) is 0 Å².